The van der Waals surface area contributed by atoms with Crippen molar-refractivity contribution in [3.8, 4) is 0 Å². The summed E-state index contributed by atoms with van der Waals surface area (Å²) in [4.78, 5) is 12.0. The minimum atomic E-state index is 0.676. The van der Waals surface area contributed by atoms with Crippen LogP contribution >= 0.6 is 0 Å². The van der Waals surface area contributed by atoms with E-state index in [0.717, 1.165) is 30.5 Å². The molecule has 1 N–H and O–H groups in total. The SMILES string of the molecule is CC1Cc2nc(Cn3cncn3)[nH]c2CC1C. The zero-order chi connectivity index (χ0) is 11.8. The summed E-state index contributed by atoms with van der Waals surface area (Å²) in [6, 6.07) is 0. The zero-order valence-electron chi connectivity index (χ0n) is 10.2. The first kappa shape index (κ1) is 10.5. The van der Waals surface area contributed by atoms with Crippen LogP contribution in [0.4, 0.5) is 0 Å². The summed E-state index contributed by atoms with van der Waals surface area (Å²) >= 11 is 0. The lowest BCUT2D eigenvalue weighted by Crippen LogP contribution is -2.20. The maximum absolute atomic E-state index is 4.67. The van der Waals surface area contributed by atoms with Crippen LogP contribution in [0, 0.1) is 11.8 Å². The fourth-order valence-electron chi connectivity index (χ4n) is 2.41. The maximum Gasteiger partial charge on any atom is 0.137 e. The van der Waals surface area contributed by atoms with Gasteiger partial charge in [0, 0.05) is 5.69 Å². The first-order valence-corrected chi connectivity index (χ1v) is 6.11. The second kappa shape index (κ2) is 3.98. The lowest BCUT2D eigenvalue weighted by atomic mass is 9.82. The van der Waals surface area contributed by atoms with Crippen molar-refractivity contribution >= 4 is 0 Å². The predicted octanol–water partition coefficient (Wildman–Crippen LogP) is 1.42. The maximum atomic E-state index is 4.67. The normalized spacial score (nSPS) is 23.6. The topological polar surface area (TPSA) is 59.4 Å². The summed E-state index contributed by atoms with van der Waals surface area (Å²) in [5, 5.41) is 4.09. The van der Waals surface area contributed by atoms with Crippen molar-refractivity contribution in [2.75, 3.05) is 0 Å². The van der Waals surface area contributed by atoms with Crippen molar-refractivity contribution in [3.63, 3.8) is 0 Å². The molecule has 1 aliphatic rings. The second-order valence-electron chi connectivity index (χ2n) is 5.06. The molecule has 0 aliphatic heterocycles. The molecule has 5 nitrogen and oxygen atoms in total. The number of rotatable bonds is 2. The van der Waals surface area contributed by atoms with E-state index in [4.69, 9.17) is 0 Å². The Labute approximate surface area is 100 Å². The summed E-state index contributed by atoms with van der Waals surface area (Å²) in [5.41, 5.74) is 2.55. The number of nitrogens with zero attached hydrogens (tertiary/aromatic N) is 4. The van der Waals surface area contributed by atoms with Gasteiger partial charge in [-0.2, -0.15) is 5.10 Å². The van der Waals surface area contributed by atoms with Crippen LogP contribution in [0.3, 0.4) is 0 Å². The molecule has 1 aliphatic carbocycles. The van der Waals surface area contributed by atoms with E-state index in [-0.39, 0.29) is 0 Å². The molecule has 0 fully saturated rings. The van der Waals surface area contributed by atoms with E-state index < -0.39 is 0 Å². The van der Waals surface area contributed by atoms with Crippen molar-refractivity contribution in [1.29, 1.82) is 0 Å². The van der Waals surface area contributed by atoms with Gasteiger partial charge in [-0.1, -0.05) is 13.8 Å². The molecule has 2 atom stereocenters. The van der Waals surface area contributed by atoms with E-state index >= 15 is 0 Å². The van der Waals surface area contributed by atoms with Gasteiger partial charge in [-0.15, -0.1) is 0 Å². The summed E-state index contributed by atoms with van der Waals surface area (Å²) in [6.45, 7) is 5.29. The first-order chi connectivity index (χ1) is 8.22. The largest absolute Gasteiger partial charge is 0.344 e. The number of hydrogen-bond acceptors (Lipinski definition) is 3. The third-order valence-electron chi connectivity index (χ3n) is 3.70. The molecule has 0 saturated heterocycles. The quantitative estimate of drug-likeness (QED) is 0.850. The average Bonchev–Trinajstić information content (AvgIpc) is 2.89. The molecule has 0 bridgehead atoms. The number of nitrogens with one attached hydrogen (secondary N) is 1. The Kier molecular flexibility index (Phi) is 2.46. The number of fused-ring (bicyclic) bond motifs is 1. The lowest BCUT2D eigenvalue weighted by Gasteiger charge is -2.24. The molecule has 2 aromatic rings. The Balaban J connectivity index is 1.83. The highest BCUT2D eigenvalue weighted by Crippen LogP contribution is 2.28. The Bertz CT molecular complexity index is 471. The third-order valence-corrected chi connectivity index (χ3v) is 3.70. The Morgan fingerprint density at radius 2 is 2.18 bits per heavy atom. The highest BCUT2D eigenvalue weighted by Gasteiger charge is 2.24. The van der Waals surface area contributed by atoms with Crippen LogP contribution in [-0.4, -0.2) is 24.7 Å². The lowest BCUT2D eigenvalue weighted by molar-refractivity contribution is 0.355. The van der Waals surface area contributed by atoms with Gasteiger partial charge in [0.15, 0.2) is 0 Å². The van der Waals surface area contributed by atoms with Crippen molar-refractivity contribution < 1.29 is 0 Å². The van der Waals surface area contributed by atoms with Gasteiger partial charge in [0.2, 0.25) is 0 Å². The van der Waals surface area contributed by atoms with Crippen LogP contribution in [0.15, 0.2) is 12.7 Å². The van der Waals surface area contributed by atoms with Crippen LogP contribution in [0.25, 0.3) is 0 Å². The van der Waals surface area contributed by atoms with E-state index in [0.29, 0.717) is 6.54 Å². The molecule has 90 valence electrons. The smallest absolute Gasteiger partial charge is 0.137 e. The van der Waals surface area contributed by atoms with Gasteiger partial charge in [-0.3, -0.25) is 0 Å². The van der Waals surface area contributed by atoms with E-state index in [2.05, 4.69) is 33.9 Å². The van der Waals surface area contributed by atoms with Crippen molar-refractivity contribution in [3.05, 3.63) is 29.9 Å². The molecule has 2 heterocycles. The fourth-order valence-corrected chi connectivity index (χ4v) is 2.41. The fraction of sp³-hybridized carbons (Fsp3) is 0.583. The van der Waals surface area contributed by atoms with E-state index in [9.17, 15) is 0 Å². The summed E-state index contributed by atoms with van der Waals surface area (Å²) in [5.74, 6) is 2.45. The first-order valence-electron chi connectivity index (χ1n) is 6.11. The van der Waals surface area contributed by atoms with Crippen molar-refractivity contribution in [2.45, 2.75) is 33.2 Å². The molecule has 0 aromatic carbocycles. The molecule has 0 spiro atoms. The molecular formula is C12H17N5. The molecule has 2 unspecified atom stereocenters. The summed E-state index contributed by atoms with van der Waals surface area (Å²) in [6.07, 6.45) is 5.46. The minimum Gasteiger partial charge on any atom is -0.344 e. The molecule has 0 amide bonds. The Hall–Kier alpha value is -1.65. The van der Waals surface area contributed by atoms with E-state index in [1.807, 2.05) is 0 Å². The molecule has 17 heavy (non-hydrogen) atoms. The molecule has 0 saturated carbocycles. The number of imidazole rings is 1. The monoisotopic (exact) mass is 231 g/mol. The van der Waals surface area contributed by atoms with Crippen LogP contribution < -0.4 is 0 Å². The van der Waals surface area contributed by atoms with Gasteiger partial charge in [0.25, 0.3) is 0 Å². The Morgan fingerprint density at radius 3 is 2.94 bits per heavy atom. The van der Waals surface area contributed by atoms with Crippen molar-refractivity contribution in [1.82, 2.24) is 24.7 Å². The molecular weight excluding hydrogens is 214 g/mol. The number of aromatic nitrogens is 5. The molecule has 5 heteroatoms. The van der Waals surface area contributed by atoms with Gasteiger partial charge >= 0.3 is 0 Å². The zero-order valence-corrected chi connectivity index (χ0v) is 10.2. The van der Waals surface area contributed by atoms with Gasteiger partial charge in [-0.25, -0.2) is 14.6 Å². The minimum absolute atomic E-state index is 0.676. The van der Waals surface area contributed by atoms with Crippen molar-refractivity contribution in [2.24, 2.45) is 11.8 Å². The highest BCUT2D eigenvalue weighted by atomic mass is 15.3. The third kappa shape index (κ3) is 1.97. The van der Waals surface area contributed by atoms with Gasteiger partial charge in [0.05, 0.1) is 5.69 Å². The predicted molar refractivity (Wildman–Crippen MR) is 63.4 cm³/mol. The standard InChI is InChI=1S/C12H17N5/c1-8-3-10-11(4-9(8)2)16-12(15-10)5-17-7-13-6-14-17/h6-9H,3-5H2,1-2H3,(H,15,16). The highest BCUT2D eigenvalue weighted by molar-refractivity contribution is 5.19. The van der Waals surface area contributed by atoms with Crippen LogP contribution in [-0.2, 0) is 19.4 Å². The summed E-state index contributed by atoms with van der Waals surface area (Å²) in [7, 11) is 0. The molecule has 3 rings (SSSR count). The van der Waals surface area contributed by atoms with Crippen LogP contribution in [0.1, 0.15) is 31.1 Å². The number of hydrogen-bond donors (Lipinski definition) is 1. The van der Waals surface area contributed by atoms with Gasteiger partial charge in [0.1, 0.15) is 25.0 Å². The van der Waals surface area contributed by atoms with Gasteiger partial charge in [-0.05, 0) is 24.7 Å². The van der Waals surface area contributed by atoms with E-state index in [1.54, 1.807) is 17.3 Å². The molecule has 0 radical (unpaired) electrons. The average molecular weight is 231 g/mol. The Morgan fingerprint density at radius 1 is 1.35 bits per heavy atom. The van der Waals surface area contributed by atoms with Gasteiger partial charge < -0.3 is 4.98 Å². The number of aromatic amines is 1. The number of H-pyrrole nitrogens is 1. The second-order valence-corrected chi connectivity index (χ2v) is 5.06. The van der Waals surface area contributed by atoms with Crippen LogP contribution in [0.2, 0.25) is 0 Å². The van der Waals surface area contributed by atoms with Crippen LogP contribution in [0.5, 0.6) is 0 Å². The summed E-state index contributed by atoms with van der Waals surface area (Å²) < 4.78 is 1.79. The van der Waals surface area contributed by atoms with E-state index in [1.165, 1.54) is 11.4 Å². The molecule has 2 aromatic heterocycles.